The van der Waals surface area contributed by atoms with Crippen LogP contribution < -0.4 is 5.32 Å². The van der Waals surface area contributed by atoms with Crippen LogP contribution in [0, 0.1) is 0 Å². The molecule has 1 N–H and O–H groups in total. The van der Waals surface area contributed by atoms with E-state index in [1.54, 1.807) is 55.1 Å². The van der Waals surface area contributed by atoms with E-state index in [2.05, 4.69) is 15.3 Å². The maximum absolute atomic E-state index is 12.1. The van der Waals surface area contributed by atoms with Gasteiger partial charge in [0.2, 0.25) is 0 Å². The highest BCUT2D eigenvalue weighted by molar-refractivity contribution is 6.30. The first-order chi connectivity index (χ1) is 10.7. The third-order valence-corrected chi connectivity index (χ3v) is 3.27. The van der Waals surface area contributed by atoms with E-state index < -0.39 is 0 Å². The number of carbonyl (C=O) groups is 1. The highest BCUT2D eigenvalue weighted by Crippen LogP contribution is 2.20. The van der Waals surface area contributed by atoms with E-state index in [0.717, 1.165) is 0 Å². The Morgan fingerprint density at radius 2 is 2.05 bits per heavy atom. The van der Waals surface area contributed by atoms with Gasteiger partial charge in [-0.3, -0.25) is 9.78 Å². The number of hydrogen-bond acceptors (Lipinski definition) is 4. The van der Waals surface area contributed by atoms with E-state index in [9.17, 15) is 4.79 Å². The van der Waals surface area contributed by atoms with Crippen LogP contribution in [0.15, 0.2) is 59.5 Å². The van der Waals surface area contributed by atoms with Crippen molar-refractivity contribution in [2.45, 2.75) is 6.54 Å². The normalized spacial score (nSPS) is 10.4. The van der Waals surface area contributed by atoms with Gasteiger partial charge in [0, 0.05) is 23.0 Å². The molecule has 0 fully saturated rings. The first-order valence-electron chi connectivity index (χ1n) is 6.61. The van der Waals surface area contributed by atoms with Gasteiger partial charge in [-0.05, 0) is 30.3 Å². The molecule has 0 aliphatic rings. The molecule has 110 valence electrons. The number of hydrogen-bond donors (Lipinski definition) is 1. The molecule has 0 saturated heterocycles. The van der Waals surface area contributed by atoms with Crippen molar-refractivity contribution in [1.29, 1.82) is 0 Å². The topological polar surface area (TPSA) is 68.0 Å². The number of halogens is 1. The third kappa shape index (κ3) is 3.15. The second-order valence-electron chi connectivity index (χ2n) is 4.52. The lowest BCUT2D eigenvalue weighted by molar-refractivity contribution is 0.0950. The number of amides is 1. The second-order valence-corrected chi connectivity index (χ2v) is 4.96. The fourth-order valence-electron chi connectivity index (χ4n) is 2.01. The number of rotatable bonds is 4. The fourth-order valence-corrected chi connectivity index (χ4v) is 2.20. The van der Waals surface area contributed by atoms with E-state index >= 15 is 0 Å². The summed E-state index contributed by atoms with van der Waals surface area (Å²) in [5.74, 6) is 0.388. The Morgan fingerprint density at radius 1 is 1.18 bits per heavy atom. The molecule has 22 heavy (non-hydrogen) atoms. The smallest absolute Gasteiger partial charge is 0.251 e. The largest absolute Gasteiger partial charge is 0.463 e. The van der Waals surface area contributed by atoms with E-state index in [1.807, 2.05) is 0 Å². The molecule has 0 bridgehead atoms. The van der Waals surface area contributed by atoms with Crippen molar-refractivity contribution in [3.8, 4) is 11.5 Å². The molecule has 0 saturated carbocycles. The van der Waals surface area contributed by atoms with Crippen molar-refractivity contribution in [3.63, 3.8) is 0 Å². The Balaban J connectivity index is 1.76. The zero-order chi connectivity index (χ0) is 15.4. The molecule has 0 aliphatic carbocycles. The van der Waals surface area contributed by atoms with E-state index in [-0.39, 0.29) is 12.5 Å². The summed E-state index contributed by atoms with van der Waals surface area (Å²) in [4.78, 5) is 20.6. The van der Waals surface area contributed by atoms with Gasteiger partial charge in [-0.15, -0.1) is 0 Å². The summed E-state index contributed by atoms with van der Waals surface area (Å²) in [5.41, 5.74) is 1.74. The molecular weight excluding hydrogens is 302 g/mol. The van der Waals surface area contributed by atoms with Gasteiger partial charge in [-0.2, -0.15) is 0 Å². The van der Waals surface area contributed by atoms with E-state index in [4.69, 9.17) is 16.0 Å². The van der Waals surface area contributed by atoms with Crippen LogP contribution >= 0.6 is 11.6 Å². The molecule has 0 aliphatic heterocycles. The minimum absolute atomic E-state index is 0.224. The van der Waals surface area contributed by atoms with Gasteiger partial charge >= 0.3 is 0 Å². The fraction of sp³-hybridized carbons (Fsp3) is 0.0625. The van der Waals surface area contributed by atoms with Crippen LogP contribution in [0.1, 0.15) is 16.1 Å². The molecule has 3 aromatic rings. The SMILES string of the molecule is O=C(NCc1nccnc1-c1ccco1)c1cccc(Cl)c1. The minimum Gasteiger partial charge on any atom is -0.463 e. The van der Waals surface area contributed by atoms with Crippen LogP contribution in [0.25, 0.3) is 11.5 Å². The van der Waals surface area contributed by atoms with Crippen molar-refractivity contribution < 1.29 is 9.21 Å². The van der Waals surface area contributed by atoms with E-state index in [1.165, 1.54) is 0 Å². The first-order valence-corrected chi connectivity index (χ1v) is 6.99. The average molecular weight is 314 g/mol. The number of benzene rings is 1. The van der Waals surface area contributed by atoms with Gasteiger partial charge < -0.3 is 9.73 Å². The highest BCUT2D eigenvalue weighted by Gasteiger charge is 2.12. The average Bonchev–Trinajstić information content (AvgIpc) is 3.07. The van der Waals surface area contributed by atoms with Crippen molar-refractivity contribution in [3.05, 3.63) is 71.3 Å². The van der Waals surface area contributed by atoms with Gasteiger partial charge in [-0.1, -0.05) is 17.7 Å². The lowest BCUT2D eigenvalue weighted by atomic mass is 10.2. The summed E-state index contributed by atoms with van der Waals surface area (Å²) in [6.07, 6.45) is 4.73. The Hall–Kier alpha value is -2.66. The van der Waals surface area contributed by atoms with Crippen LogP contribution in [0.2, 0.25) is 5.02 Å². The van der Waals surface area contributed by atoms with Gasteiger partial charge in [0.05, 0.1) is 18.5 Å². The van der Waals surface area contributed by atoms with Crippen LogP contribution in [-0.2, 0) is 6.54 Å². The maximum atomic E-state index is 12.1. The Bertz CT molecular complexity index is 788. The predicted octanol–water partition coefficient (Wildman–Crippen LogP) is 3.32. The predicted molar refractivity (Wildman–Crippen MR) is 82.4 cm³/mol. The zero-order valence-corrected chi connectivity index (χ0v) is 12.2. The molecule has 0 radical (unpaired) electrons. The number of furan rings is 1. The summed E-state index contributed by atoms with van der Waals surface area (Å²) >= 11 is 5.88. The Labute approximate surface area is 132 Å². The van der Waals surface area contributed by atoms with Gasteiger partial charge in [-0.25, -0.2) is 4.98 Å². The summed E-state index contributed by atoms with van der Waals surface area (Å²) in [6.45, 7) is 0.245. The summed E-state index contributed by atoms with van der Waals surface area (Å²) in [6, 6.07) is 10.3. The summed E-state index contributed by atoms with van der Waals surface area (Å²) in [5, 5.41) is 3.32. The number of nitrogens with zero attached hydrogens (tertiary/aromatic N) is 2. The second kappa shape index (κ2) is 6.41. The van der Waals surface area contributed by atoms with E-state index in [0.29, 0.717) is 27.7 Å². The Morgan fingerprint density at radius 3 is 2.82 bits per heavy atom. The lowest BCUT2D eigenvalue weighted by Gasteiger charge is -2.07. The quantitative estimate of drug-likeness (QED) is 0.802. The molecule has 6 heteroatoms. The zero-order valence-electron chi connectivity index (χ0n) is 11.5. The molecule has 3 rings (SSSR count). The summed E-state index contributed by atoms with van der Waals surface area (Å²) < 4.78 is 5.33. The maximum Gasteiger partial charge on any atom is 0.251 e. The van der Waals surface area contributed by atoms with Gasteiger partial charge in [0.1, 0.15) is 5.69 Å². The van der Waals surface area contributed by atoms with Gasteiger partial charge in [0.15, 0.2) is 5.76 Å². The number of aromatic nitrogens is 2. The van der Waals surface area contributed by atoms with Crippen molar-refractivity contribution in [2.24, 2.45) is 0 Å². The molecule has 5 nitrogen and oxygen atoms in total. The summed E-state index contributed by atoms with van der Waals surface area (Å²) in [7, 11) is 0. The lowest BCUT2D eigenvalue weighted by Crippen LogP contribution is -2.23. The highest BCUT2D eigenvalue weighted by atomic mass is 35.5. The van der Waals surface area contributed by atoms with Crippen LogP contribution in [-0.4, -0.2) is 15.9 Å². The molecule has 0 unspecified atom stereocenters. The molecule has 0 atom stereocenters. The first kappa shape index (κ1) is 14.3. The van der Waals surface area contributed by atoms with Gasteiger partial charge in [0.25, 0.3) is 5.91 Å². The minimum atomic E-state index is -0.224. The Kier molecular flexibility index (Phi) is 4.16. The molecule has 2 aromatic heterocycles. The number of carbonyl (C=O) groups excluding carboxylic acids is 1. The van der Waals surface area contributed by atoms with Crippen LogP contribution in [0.4, 0.5) is 0 Å². The molecule has 2 heterocycles. The standard InChI is InChI=1S/C16H12ClN3O2/c17-12-4-1-3-11(9-12)16(21)20-10-13-15(19-7-6-18-13)14-5-2-8-22-14/h1-9H,10H2,(H,20,21). The molecule has 0 spiro atoms. The molecule has 1 amide bonds. The van der Waals surface area contributed by atoms with Crippen LogP contribution in [0.5, 0.6) is 0 Å². The van der Waals surface area contributed by atoms with Crippen molar-refractivity contribution >= 4 is 17.5 Å². The van der Waals surface area contributed by atoms with Crippen LogP contribution in [0.3, 0.4) is 0 Å². The van der Waals surface area contributed by atoms with Crippen molar-refractivity contribution in [1.82, 2.24) is 15.3 Å². The molecule has 1 aromatic carbocycles. The van der Waals surface area contributed by atoms with Crippen molar-refractivity contribution in [2.75, 3.05) is 0 Å². The monoisotopic (exact) mass is 313 g/mol. The number of nitrogens with one attached hydrogen (secondary N) is 1. The molecular formula is C16H12ClN3O2. The third-order valence-electron chi connectivity index (χ3n) is 3.03.